The molecule has 0 aliphatic carbocycles. The molecule has 1 N–H and O–H groups in total. The Labute approximate surface area is 103 Å². The normalized spacial score (nSPS) is 11.7. The fourth-order valence-corrected chi connectivity index (χ4v) is 1.31. The molecule has 3 heteroatoms. The number of rotatable bonds is 4. The fraction of sp³-hybridized carbons (Fsp3) is 0.429. The van der Waals surface area contributed by atoms with Gasteiger partial charge in [-0.1, -0.05) is 32.9 Å². The quantitative estimate of drug-likeness (QED) is 0.628. The lowest BCUT2D eigenvalue weighted by atomic mass is 10.0. The Kier molecular flexibility index (Phi) is 4.88. The van der Waals surface area contributed by atoms with Crippen LogP contribution < -0.4 is 5.43 Å². The third kappa shape index (κ3) is 4.02. The summed E-state index contributed by atoms with van der Waals surface area (Å²) < 4.78 is 0. The van der Waals surface area contributed by atoms with Gasteiger partial charge in [-0.05, 0) is 37.0 Å². The van der Waals surface area contributed by atoms with Crippen LogP contribution in [0, 0.1) is 0 Å². The number of carbonyl (C=O) groups excluding carboxylic acids is 1. The van der Waals surface area contributed by atoms with Crippen LogP contribution in [0.15, 0.2) is 29.4 Å². The van der Waals surface area contributed by atoms with Crippen molar-refractivity contribution in [3.63, 3.8) is 0 Å². The van der Waals surface area contributed by atoms with Gasteiger partial charge in [0.2, 0.25) is 0 Å². The Morgan fingerprint density at radius 3 is 2.35 bits per heavy atom. The molecule has 0 fully saturated rings. The number of carbonyl (C=O) groups is 1. The molecule has 17 heavy (non-hydrogen) atoms. The summed E-state index contributed by atoms with van der Waals surface area (Å²) in [4.78, 5) is 11.7. The zero-order chi connectivity index (χ0) is 12.8. The highest BCUT2D eigenvalue weighted by Crippen LogP contribution is 2.14. The molecule has 0 saturated heterocycles. The second-order valence-corrected chi connectivity index (χ2v) is 4.42. The zero-order valence-corrected chi connectivity index (χ0v) is 10.9. The van der Waals surface area contributed by atoms with Gasteiger partial charge in [-0.2, -0.15) is 5.10 Å². The molecule has 1 aromatic rings. The summed E-state index contributed by atoms with van der Waals surface area (Å²) >= 11 is 0. The van der Waals surface area contributed by atoms with E-state index in [9.17, 15) is 4.79 Å². The van der Waals surface area contributed by atoms with E-state index in [4.69, 9.17) is 0 Å². The van der Waals surface area contributed by atoms with Crippen LogP contribution >= 0.6 is 0 Å². The molecular weight excluding hydrogens is 212 g/mol. The Balaban J connectivity index is 2.70. The first-order valence-electron chi connectivity index (χ1n) is 5.98. The number of nitrogens with zero attached hydrogens (tertiary/aromatic N) is 1. The summed E-state index contributed by atoms with van der Waals surface area (Å²) in [6.45, 7) is 8.15. The Morgan fingerprint density at radius 2 is 1.88 bits per heavy atom. The molecule has 0 unspecified atom stereocenters. The summed E-state index contributed by atoms with van der Waals surface area (Å²) in [6.07, 6.45) is 0.840. The fourth-order valence-electron chi connectivity index (χ4n) is 1.31. The van der Waals surface area contributed by atoms with E-state index in [1.54, 1.807) is 0 Å². The second-order valence-electron chi connectivity index (χ2n) is 4.42. The van der Waals surface area contributed by atoms with E-state index in [1.807, 2.05) is 38.1 Å². The highest BCUT2D eigenvalue weighted by atomic mass is 16.2. The summed E-state index contributed by atoms with van der Waals surface area (Å²) in [5.41, 5.74) is 5.33. The van der Waals surface area contributed by atoms with Gasteiger partial charge in [-0.25, -0.2) is 5.43 Å². The third-order valence-electron chi connectivity index (χ3n) is 2.70. The molecule has 0 spiro atoms. The van der Waals surface area contributed by atoms with Crippen LogP contribution in [-0.2, 0) is 0 Å². The maximum absolute atomic E-state index is 11.7. The number of hydrazone groups is 1. The smallest absolute Gasteiger partial charge is 0.267 e. The van der Waals surface area contributed by atoms with Crippen molar-refractivity contribution in [2.45, 2.75) is 40.0 Å². The summed E-state index contributed by atoms with van der Waals surface area (Å²) in [5.74, 6) is 0.320. The number of hydrogen-bond acceptors (Lipinski definition) is 2. The first kappa shape index (κ1) is 13.4. The van der Waals surface area contributed by atoms with Gasteiger partial charge in [0, 0.05) is 11.3 Å². The topological polar surface area (TPSA) is 41.5 Å². The lowest BCUT2D eigenvalue weighted by Gasteiger charge is -2.06. The van der Waals surface area contributed by atoms with Crippen molar-refractivity contribution < 1.29 is 4.79 Å². The van der Waals surface area contributed by atoms with E-state index in [-0.39, 0.29) is 5.91 Å². The minimum Gasteiger partial charge on any atom is -0.267 e. The Morgan fingerprint density at radius 1 is 1.29 bits per heavy atom. The molecule has 0 bridgehead atoms. The molecule has 0 aliphatic heterocycles. The molecular formula is C14H20N2O. The van der Waals surface area contributed by atoms with Gasteiger partial charge >= 0.3 is 0 Å². The van der Waals surface area contributed by atoms with Gasteiger partial charge in [0.05, 0.1) is 0 Å². The molecule has 1 rings (SSSR count). The molecule has 92 valence electrons. The molecule has 1 amide bonds. The predicted octanol–water partition coefficient (Wildman–Crippen LogP) is 3.33. The van der Waals surface area contributed by atoms with Crippen LogP contribution in [0.4, 0.5) is 0 Å². The van der Waals surface area contributed by atoms with Gasteiger partial charge < -0.3 is 0 Å². The Hall–Kier alpha value is -1.64. The maximum Gasteiger partial charge on any atom is 0.271 e. The number of hydrogen-bond donors (Lipinski definition) is 1. The van der Waals surface area contributed by atoms with Crippen molar-refractivity contribution in [1.82, 2.24) is 5.43 Å². The van der Waals surface area contributed by atoms with Gasteiger partial charge in [0.1, 0.15) is 0 Å². The third-order valence-corrected chi connectivity index (χ3v) is 2.70. The Bertz CT molecular complexity index is 405. The van der Waals surface area contributed by atoms with Crippen molar-refractivity contribution in [2.75, 3.05) is 0 Å². The highest BCUT2D eigenvalue weighted by molar-refractivity contribution is 5.95. The van der Waals surface area contributed by atoms with Crippen LogP contribution in [0.3, 0.4) is 0 Å². The molecule has 0 saturated carbocycles. The molecule has 0 aromatic heterocycles. The first-order valence-corrected chi connectivity index (χ1v) is 5.98. The molecule has 0 radical (unpaired) electrons. The largest absolute Gasteiger partial charge is 0.271 e. The van der Waals surface area contributed by atoms with E-state index >= 15 is 0 Å². The van der Waals surface area contributed by atoms with Gasteiger partial charge in [-0.15, -0.1) is 0 Å². The lowest BCUT2D eigenvalue weighted by molar-refractivity contribution is 0.0954. The molecule has 1 aromatic carbocycles. The van der Waals surface area contributed by atoms with E-state index in [1.165, 1.54) is 5.56 Å². The van der Waals surface area contributed by atoms with Crippen LogP contribution in [-0.4, -0.2) is 11.6 Å². The average molecular weight is 232 g/mol. The minimum atomic E-state index is -0.159. The standard InChI is InChI=1S/C14H20N2O/c1-5-11(4)15-16-14(17)13-8-6-12(7-9-13)10(2)3/h6-10H,5H2,1-4H3,(H,16,17). The van der Waals surface area contributed by atoms with Gasteiger partial charge in [-0.3, -0.25) is 4.79 Å². The maximum atomic E-state index is 11.7. The lowest BCUT2D eigenvalue weighted by Crippen LogP contribution is -2.18. The summed E-state index contributed by atoms with van der Waals surface area (Å²) in [6, 6.07) is 7.63. The average Bonchev–Trinajstić information content (AvgIpc) is 2.35. The second kappa shape index (κ2) is 6.18. The van der Waals surface area contributed by atoms with Crippen LogP contribution in [0.25, 0.3) is 0 Å². The number of benzene rings is 1. The van der Waals surface area contributed by atoms with Crippen LogP contribution in [0.2, 0.25) is 0 Å². The predicted molar refractivity (Wildman–Crippen MR) is 71.4 cm³/mol. The SMILES string of the molecule is CCC(C)=NNC(=O)c1ccc(C(C)C)cc1. The van der Waals surface area contributed by atoms with E-state index in [0.717, 1.165) is 12.1 Å². The first-order chi connectivity index (χ1) is 8.04. The number of amides is 1. The van der Waals surface area contributed by atoms with Crippen LogP contribution in [0.5, 0.6) is 0 Å². The molecule has 3 nitrogen and oxygen atoms in total. The zero-order valence-electron chi connectivity index (χ0n) is 10.9. The van der Waals surface area contributed by atoms with Crippen molar-refractivity contribution in [1.29, 1.82) is 0 Å². The molecule has 0 heterocycles. The van der Waals surface area contributed by atoms with Crippen molar-refractivity contribution in [3.8, 4) is 0 Å². The monoisotopic (exact) mass is 232 g/mol. The highest BCUT2D eigenvalue weighted by Gasteiger charge is 2.05. The van der Waals surface area contributed by atoms with Crippen molar-refractivity contribution in [2.24, 2.45) is 5.10 Å². The summed E-state index contributed by atoms with van der Waals surface area (Å²) in [5, 5.41) is 3.99. The van der Waals surface area contributed by atoms with Crippen LogP contribution in [0.1, 0.15) is 56.0 Å². The number of nitrogens with one attached hydrogen (secondary N) is 1. The van der Waals surface area contributed by atoms with E-state index in [2.05, 4.69) is 24.4 Å². The summed E-state index contributed by atoms with van der Waals surface area (Å²) in [7, 11) is 0. The van der Waals surface area contributed by atoms with Gasteiger partial charge in [0.25, 0.3) is 5.91 Å². The van der Waals surface area contributed by atoms with E-state index in [0.29, 0.717) is 11.5 Å². The van der Waals surface area contributed by atoms with Gasteiger partial charge in [0.15, 0.2) is 0 Å². The van der Waals surface area contributed by atoms with Crippen molar-refractivity contribution in [3.05, 3.63) is 35.4 Å². The molecule has 0 aliphatic rings. The minimum absolute atomic E-state index is 0.159. The van der Waals surface area contributed by atoms with Crippen molar-refractivity contribution >= 4 is 11.6 Å². The van der Waals surface area contributed by atoms with E-state index < -0.39 is 0 Å². The molecule has 0 atom stereocenters.